The molecule has 0 spiro atoms. The Kier molecular flexibility index (Phi) is 9.59. The van der Waals surface area contributed by atoms with Crippen molar-refractivity contribution in [2.45, 2.75) is 32.7 Å². The monoisotopic (exact) mass is 276 g/mol. The fourth-order valence-corrected chi connectivity index (χ4v) is 1.70. The molecule has 0 heterocycles. The quantitative estimate of drug-likeness (QED) is 0.393. The second-order valence-electron chi connectivity index (χ2n) is 4.45. The van der Waals surface area contributed by atoms with E-state index >= 15 is 0 Å². The lowest BCUT2D eigenvalue weighted by Gasteiger charge is -2.20. The van der Waals surface area contributed by atoms with Gasteiger partial charge in [-0.25, -0.2) is 4.79 Å². The van der Waals surface area contributed by atoms with Crippen LogP contribution in [0.4, 0.5) is 0 Å². The minimum Gasteiger partial charge on any atom is -0.467 e. The Morgan fingerprint density at radius 3 is 2.50 bits per heavy atom. The Balaban J connectivity index is 4.06. The summed E-state index contributed by atoms with van der Waals surface area (Å²) in [5, 5.41) is 6.49. The zero-order chi connectivity index (χ0) is 14.0. The molecule has 0 aromatic carbocycles. The molecule has 0 aliphatic carbocycles. The van der Waals surface area contributed by atoms with Crippen LogP contribution in [0.5, 0.6) is 0 Å². The summed E-state index contributed by atoms with van der Waals surface area (Å²) in [6.07, 6.45) is 1.55. The van der Waals surface area contributed by atoms with Gasteiger partial charge in [0, 0.05) is 20.3 Å². The van der Waals surface area contributed by atoms with Gasteiger partial charge in [-0.1, -0.05) is 13.8 Å². The number of ether oxygens (including phenoxy) is 2. The largest absolute Gasteiger partial charge is 0.467 e. The third-order valence-corrected chi connectivity index (χ3v) is 2.57. The number of hydrogen-bond acceptors (Lipinski definition) is 4. The molecule has 0 saturated heterocycles. The molecule has 1 atom stereocenters. The number of methoxy groups -OCH3 is 2. The summed E-state index contributed by atoms with van der Waals surface area (Å²) in [4.78, 5) is 11.6. The average molecular weight is 276 g/mol. The van der Waals surface area contributed by atoms with Crippen molar-refractivity contribution in [1.82, 2.24) is 10.6 Å². The summed E-state index contributed by atoms with van der Waals surface area (Å²) in [5.41, 5.74) is 0. The lowest BCUT2D eigenvalue weighted by molar-refractivity contribution is -0.143. The molecule has 0 rings (SSSR count). The van der Waals surface area contributed by atoms with E-state index in [9.17, 15) is 4.79 Å². The molecule has 0 aliphatic rings. The maximum Gasteiger partial charge on any atom is 0.328 e. The maximum atomic E-state index is 11.6. The lowest BCUT2D eigenvalue weighted by atomic mass is 10.0. The third-order valence-electron chi connectivity index (χ3n) is 2.31. The van der Waals surface area contributed by atoms with Crippen LogP contribution in [0.15, 0.2) is 0 Å². The normalized spacial score (nSPS) is 12.1. The zero-order valence-electron chi connectivity index (χ0n) is 11.6. The van der Waals surface area contributed by atoms with Crippen LogP contribution in [0.2, 0.25) is 0 Å². The Labute approximate surface area is 115 Å². The van der Waals surface area contributed by atoms with E-state index < -0.39 is 6.04 Å². The van der Waals surface area contributed by atoms with Crippen molar-refractivity contribution in [2.24, 2.45) is 5.92 Å². The summed E-state index contributed by atoms with van der Waals surface area (Å²) in [5.74, 6) is 0.0997. The Morgan fingerprint density at radius 2 is 2.00 bits per heavy atom. The fourth-order valence-electron chi connectivity index (χ4n) is 1.46. The number of rotatable bonds is 8. The molecule has 0 amide bonds. The minimum atomic E-state index is -0.391. The summed E-state index contributed by atoms with van der Waals surface area (Å²) in [7, 11) is 3.04. The van der Waals surface area contributed by atoms with Crippen molar-refractivity contribution in [3.8, 4) is 0 Å². The van der Waals surface area contributed by atoms with E-state index in [2.05, 4.69) is 10.6 Å². The van der Waals surface area contributed by atoms with Gasteiger partial charge in [0.1, 0.15) is 6.04 Å². The van der Waals surface area contributed by atoms with Crippen LogP contribution in [0.1, 0.15) is 26.7 Å². The first-order valence-electron chi connectivity index (χ1n) is 6.12. The lowest BCUT2D eigenvalue weighted by Crippen LogP contribution is -2.47. The van der Waals surface area contributed by atoms with Gasteiger partial charge in [-0.05, 0) is 31.0 Å². The molecule has 5 nitrogen and oxygen atoms in total. The topological polar surface area (TPSA) is 59.6 Å². The molecule has 2 N–H and O–H groups in total. The van der Waals surface area contributed by atoms with Gasteiger partial charge in [0.2, 0.25) is 0 Å². The molecule has 0 aromatic rings. The van der Waals surface area contributed by atoms with Crippen LogP contribution in [-0.2, 0) is 14.3 Å². The number of nitrogens with one attached hydrogen (secondary N) is 2. The van der Waals surface area contributed by atoms with E-state index in [1.807, 2.05) is 13.8 Å². The van der Waals surface area contributed by atoms with E-state index in [1.54, 1.807) is 7.11 Å². The van der Waals surface area contributed by atoms with Crippen molar-refractivity contribution in [1.29, 1.82) is 0 Å². The van der Waals surface area contributed by atoms with Gasteiger partial charge in [0.15, 0.2) is 5.11 Å². The molecular weight excluding hydrogens is 252 g/mol. The van der Waals surface area contributed by atoms with Gasteiger partial charge in [-0.2, -0.15) is 0 Å². The highest BCUT2D eigenvalue weighted by Crippen LogP contribution is 2.06. The van der Waals surface area contributed by atoms with E-state index in [-0.39, 0.29) is 5.97 Å². The van der Waals surface area contributed by atoms with Gasteiger partial charge in [0.05, 0.1) is 7.11 Å². The molecule has 106 valence electrons. The van der Waals surface area contributed by atoms with E-state index in [4.69, 9.17) is 21.7 Å². The number of carbonyl (C=O) groups excluding carboxylic acids is 1. The molecule has 0 radical (unpaired) electrons. The number of esters is 1. The van der Waals surface area contributed by atoms with E-state index in [1.165, 1.54) is 7.11 Å². The highest BCUT2D eigenvalue weighted by molar-refractivity contribution is 7.80. The Hall–Kier alpha value is -0.880. The molecule has 6 heteroatoms. The second-order valence-corrected chi connectivity index (χ2v) is 4.86. The third kappa shape index (κ3) is 8.25. The molecule has 0 aliphatic heterocycles. The molecule has 1 unspecified atom stereocenters. The zero-order valence-corrected chi connectivity index (χ0v) is 12.4. The van der Waals surface area contributed by atoms with Gasteiger partial charge >= 0.3 is 5.97 Å². The van der Waals surface area contributed by atoms with Crippen LogP contribution < -0.4 is 10.6 Å². The summed E-state index contributed by atoms with van der Waals surface area (Å²) >= 11 is 5.13. The minimum absolute atomic E-state index is 0.287. The number of thiocarbonyl (C=S) groups is 1. The van der Waals surface area contributed by atoms with Crippen LogP contribution in [0.25, 0.3) is 0 Å². The fraction of sp³-hybridized carbons (Fsp3) is 0.833. The first-order chi connectivity index (χ1) is 8.51. The summed E-state index contributed by atoms with van der Waals surface area (Å²) in [6, 6.07) is -0.391. The highest BCUT2D eigenvalue weighted by Gasteiger charge is 2.20. The van der Waals surface area contributed by atoms with Crippen LogP contribution >= 0.6 is 12.2 Å². The first kappa shape index (κ1) is 17.1. The Bertz CT molecular complexity index is 260. The predicted molar refractivity (Wildman–Crippen MR) is 75.5 cm³/mol. The van der Waals surface area contributed by atoms with Gasteiger partial charge < -0.3 is 20.1 Å². The van der Waals surface area contributed by atoms with Crippen molar-refractivity contribution in [3.63, 3.8) is 0 Å². The summed E-state index contributed by atoms with van der Waals surface area (Å²) < 4.78 is 9.68. The standard InChI is InChI=1S/C12H24N2O3S/c1-9(2)8-10(11(15)17-4)14-12(18)13-6-5-7-16-3/h9-10H,5-8H2,1-4H3,(H2,13,14,18). The maximum absolute atomic E-state index is 11.6. The molecule has 0 bridgehead atoms. The van der Waals surface area contributed by atoms with E-state index in [0.29, 0.717) is 24.1 Å². The first-order valence-corrected chi connectivity index (χ1v) is 6.53. The molecular formula is C12H24N2O3S. The van der Waals surface area contributed by atoms with Gasteiger partial charge in [-0.3, -0.25) is 0 Å². The van der Waals surface area contributed by atoms with Crippen molar-refractivity contribution in [3.05, 3.63) is 0 Å². The van der Waals surface area contributed by atoms with Crippen LogP contribution in [-0.4, -0.2) is 44.5 Å². The molecule has 18 heavy (non-hydrogen) atoms. The number of carbonyl (C=O) groups is 1. The summed E-state index contributed by atoms with van der Waals surface area (Å²) in [6.45, 7) is 5.50. The van der Waals surface area contributed by atoms with Gasteiger partial charge in [-0.15, -0.1) is 0 Å². The van der Waals surface area contributed by atoms with E-state index in [0.717, 1.165) is 13.0 Å². The van der Waals surface area contributed by atoms with Crippen LogP contribution in [0.3, 0.4) is 0 Å². The highest BCUT2D eigenvalue weighted by atomic mass is 32.1. The van der Waals surface area contributed by atoms with Crippen LogP contribution in [0, 0.1) is 5.92 Å². The molecule has 0 saturated carbocycles. The van der Waals surface area contributed by atoms with Crippen molar-refractivity contribution >= 4 is 23.3 Å². The SMILES string of the molecule is COCCCNC(=S)NC(CC(C)C)C(=O)OC. The van der Waals surface area contributed by atoms with Crippen molar-refractivity contribution in [2.75, 3.05) is 27.4 Å². The average Bonchev–Trinajstić information content (AvgIpc) is 2.32. The number of hydrogen-bond donors (Lipinski definition) is 2. The Morgan fingerprint density at radius 1 is 1.33 bits per heavy atom. The van der Waals surface area contributed by atoms with Crippen molar-refractivity contribution < 1.29 is 14.3 Å². The smallest absolute Gasteiger partial charge is 0.328 e. The predicted octanol–water partition coefficient (Wildman–Crippen LogP) is 1.07. The molecule has 0 aromatic heterocycles. The second kappa shape index (κ2) is 10.1. The van der Waals surface area contributed by atoms with Gasteiger partial charge in [0.25, 0.3) is 0 Å². The molecule has 0 fully saturated rings.